The molecule has 2 aromatic heterocycles. The van der Waals surface area contributed by atoms with Gasteiger partial charge in [-0.25, -0.2) is 4.98 Å². The lowest BCUT2D eigenvalue weighted by molar-refractivity contribution is -0.129. The molecule has 0 bridgehead atoms. The molecule has 7 heteroatoms. The Labute approximate surface area is 177 Å². The van der Waals surface area contributed by atoms with Gasteiger partial charge in [0.05, 0.1) is 6.04 Å². The second-order valence-electron chi connectivity index (χ2n) is 7.57. The van der Waals surface area contributed by atoms with Crippen LogP contribution < -0.4 is 10.2 Å². The van der Waals surface area contributed by atoms with Crippen LogP contribution in [0.25, 0.3) is 11.0 Å². The summed E-state index contributed by atoms with van der Waals surface area (Å²) in [6.07, 6.45) is 6.80. The van der Waals surface area contributed by atoms with Crippen molar-refractivity contribution in [1.29, 1.82) is 0 Å². The molecule has 1 amide bonds. The molecule has 0 saturated carbocycles. The van der Waals surface area contributed by atoms with Gasteiger partial charge in [0, 0.05) is 62.3 Å². The number of hydrogen-bond donors (Lipinski definition) is 1. The molecule has 7 nitrogen and oxygen atoms in total. The van der Waals surface area contributed by atoms with Crippen LogP contribution in [0.1, 0.15) is 26.3 Å². The Kier molecular flexibility index (Phi) is 5.70. The first-order valence-corrected chi connectivity index (χ1v) is 10.4. The van der Waals surface area contributed by atoms with Crippen LogP contribution in [0.2, 0.25) is 0 Å². The molecule has 4 rings (SSSR count). The molecule has 1 N–H and O–H groups in total. The van der Waals surface area contributed by atoms with E-state index in [0.29, 0.717) is 5.95 Å². The highest BCUT2D eigenvalue weighted by Crippen LogP contribution is 2.24. The zero-order chi connectivity index (χ0) is 21.1. The van der Waals surface area contributed by atoms with E-state index < -0.39 is 0 Å². The van der Waals surface area contributed by atoms with E-state index >= 15 is 0 Å². The molecule has 0 spiro atoms. The summed E-state index contributed by atoms with van der Waals surface area (Å²) in [4.78, 5) is 24.9. The number of nitrogens with one attached hydrogen (secondary N) is 1. The lowest BCUT2D eigenvalue weighted by Crippen LogP contribution is -2.48. The third-order valence-electron chi connectivity index (χ3n) is 5.72. The molecule has 1 unspecified atom stereocenters. The largest absolute Gasteiger partial charge is 0.368 e. The second-order valence-corrected chi connectivity index (χ2v) is 7.57. The fourth-order valence-electron chi connectivity index (χ4n) is 3.91. The number of rotatable bonds is 6. The predicted molar refractivity (Wildman–Crippen MR) is 121 cm³/mol. The number of nitrogens with zero attached hydrogens (tertiary/aromatic N) is 5. The van der Waals surface area contributed by atoms with Gasteiger partial charge in [0.2, 0.25) is 11.9 Å². The lowest BCUT2D eigenvalue weighted by atomic mass is 10.2. The SMILES string of the molecule is C=CC(CC)n1ccc2cnc(Nc3ccc(N4CCN(C(C)=O)CC4)cc3)nc21. The van der Waals surface area contributed by atoms with Gasteiger partial charge < -0.3 is 19.7 Å². The van der Waals surface area contributed by atoms with Crippen LogP contribution in [-0.2, 0) is 4.79 Å². The van der Waals surface area contributed by atoms with E-state index in [4.69, 9.17) is 4.98 Å². The number of amides is 1. The van der Waals surface area contributed by atoms with Crippen LogP contribution in [-0.4, -0.2) is 51.5 Å². The molecule has 1 aromatic carbocycles. The van der Waals surface area contributed by atoms with Crippen molar-refractivity contribution in [2.75, 3.05) is 36.4 Å². The maximum absolute atomic E-state index is 11.5. The topological polar surface area (TPSA) is 66.3 Å². The molecule has 3 heterocycles. The van der Waals surface area contributed by atoms with Crippen molar-refractivity contribution in [3.05, 3.63) is 55.4 Å². The number of carbonyl (C=O) groups is 1. The number of hydrogen-bond acceptors (Lipinski definition) is 5. The number of fused-ring (bicyclic) bond motifs is 1. The quantitative estimate of drug-likeness (QED) is 0.630. The average Bonchev–Trinajstić information content (AvgIpc) is 3.18. The number of aromatic nitrogens is 3. The Morgan fingerprint density at radius 2 is 1.93 bits per heavy atom. The Morgan fingerprint density at radius 1 is 1.20 bits per heavy atom. The normalized spacial score (nSPS) is 15.3. The molecule has 1 atom stereocenters. The van der Waals surface area contributed by atoms with Gasteiger partial charge in [0.15, 0.2) is 0 Å². The maximum atomic E-state index is 11.5. The number of benzene rings is 1. The highest BCUT2D eigenvalue weighted by Gasteiger charge is 2.18. The molecular weight excluding hydrogens is 376 g/mol. The molecule has 156 valence electrons. The van der Waals surface area contributed by atoms with Gasteiger partial charge in [-0.05, 0) is 36.8 Å². The van der Waals surface area contributed by atoms with Gasteiger partial charge in [-0.2, -0.15) is 4.98 Å². The van der Waals surface area contributed by atoms with Gasteiger partial charge in [-0.1, -0.05) is 13.0 Å². The number of piperazine rings is 1. The first kappa shape index (κ1) is 19.9. The van der Waals surface area contributed by atoms with E-state index in [1.54, 1.807) is 6.92 Å². The standard InChI is InChI=1S/C23H28N6O/c1-4-20(5-2)29-11-10-18-16-24-23(26-22(18)29)25-19-6-8-21(9-7-19)28-14-12-27(13-15-28)17(3)30/h4,6-11,16,20H,1,5,12-15H2,2-3H3,(H,24,25,26). The molecular formula is C23H28N6O. The summed E-state index contributed by atoms with van der Waals surface area (Å²) in [6, 6.07) is 10.5. The third-order valence-corrected chi connectivity index (χ3v) is 5.72. The predicted octanol–water partition coefficient (Wildman–Crippen LogP) is 3.98. The summed E-state index contributed by atoms with van der Waals surface area (Å²) in [7, 11) is 0. The summed E-state index contributed by atoms with van der Waals surface area (Å²) in [6.45, 7) is 11.0. The first-order chi connectivity index (χ1) is 14.6. The number of carbonyl (C=O) groups excluding carboxylic acids is 1. The molecule has 30 heavy (non-hydrogen) atoms. The van der Waals surface area contributed by atoms with E-state index in [0.717, 1.165) is 55.0 Å². The van der Waals surface area contributed by atoms with Crippen molar-refractivity contribution in [2.45, 2.75) is 26.3 Å². The molecule has 3 aromatic rings. The minimum absolute atomic E-state index is 0.149. The van der Waals surface area contributed by atoms with E-state index in [-0.39, 0.29) is 11.9 Å². The average molecular weight is 405 g/mol. The van der Waals surface area contributed by atoms with Crippen LogP contribution in [0.3, 0.4) is 0 Å². The van der Waals surface area contributed by atoms with Crippen LogP contribution in [0.5, 0.6) is 0 Å². The van der Waals surface area contributed by atoms with Gasteiger partial charge in [-0.15, -0.1) is 6.58 Å². The Bertz CT molecular complexity index is 1030. The maximum Gasteiger partial charge on any atom is 0.229 e. The molecule has 1 aliphatic rings. The van der Waals surface area contributed by atoms with Crippen molar-refractivity contribution < 1.29 is 4.79 Å². The minimum atomic E-state index is 0.149. The highest BCUT2D eigenvalue weighted by molar-refractivity contribution is 5.77. The first-order valence-electron chi connectivity index (χ1n) is 10.4. The molecule has 1 aliphatic heterocycles. The monoisotopic (exact) mass is 404 g/mol. The van der Waals surface area contributed by atoms with Crippen molar-refractivity contribution in [3.63, 3.8) is 0 Å². The zero-order valence-corrected chi connectivity index (χ0v) is 17.6. The minimum Gasteiger partial charge on any atom is -0.368 e. The second kappa shape index (κ2) is 8.57. The smallest absolute Gasteiger partial charge is 0.229 e. The van der Waals surface area contributed by atoms with E-state index in [1.165, 1.54) is 0 Å². The van der Waals surface area contributed by atoms with Gasteiger partial charge in [0.25, 0.3) is 0 Å². The lowest BCUT2D eigenvalue weighted by Gasteiger charge is -2.35. The molecule has 1 fully saturated rings. The fraction of sp³-hybridized carbons (Fsp3) is 0.348. The summed E-state index contributed by atoms with van der Waals surface area (Å²) in [5.74, 6) is 0.722. The summed E-state index contributed by atoms with van der Waals surface area (Å²) < 4.78 is 2.14. The number of anilines is 3. The Morgan fingerprint density at radius 3 is 2.57 bits per heavy atom. The summed E-state index contributed by atoms with van der Waals surface area (Å²) >= 11 is 0. The van der Waals surface area contributed by atoms with Crippen LogP contribution >= 0.6 is 0 Å². The van der Waals surface area contributed by atoms with Crippen LogP contribution in [0, 0.1) is 0 Å². The van der Waals surface area contributed by atoms with Crippen LogP contribution in [0.4, 0.5) is 17.3 Å². The number of allylic oxidation sites excluding steroid dienone is 1. The van der Waals surface area contributed by atoms with Gasteiger partial charge in [-0.3, -0.25) is 4.79 Å². The molecule has 1 saturated heterocycles. The Hall–Kier alpha value is -3.35. The highest BCUT2D eigenvalue weighted by atomic mass is 16.2. The van der Waals surface area contributed by atoms with E-state index in [2.05, 4.69) is 45.4 Å². The van der Waals surface area contributed by atoms with E-state index in [1.807, 2.05) is 41.6 Å². The fourth-order valence-corrected chi connectivity index (χ4v) is 3.91. The van der Waals surface area contributed by atoms with E-state index in [9.17, 15) is 4.79 Å². The zero-order valence-electron chi connectivity index (χ0n) is 17.6. The van der Waals surface area contributed by atoms with Crippen molar-refractivity contribution in [2.24, 2.45) is 0 Å². The summed E-state index contributed by atoms with van der Waals surface area (Å²) in [5.41, 5.74) is 3.00. The van der Waals surface area contributed by atoms with Gasteiger partial charge in [0.1, 0.15) is 5.65 Å². The van der Waals surface area contributed by atoms with Crippen molar-refractivity contribution in [1.82, 2.24) is 19.4 Å². The van der Waals surface area contributed by atoms with Crippen molar-refractivity contribution >= 4 is 34.3 Å². The Balaban J connectivity index is 1.47. The molecule has 0 aliphatic carbocycles. The summed E-state index contributed by atoms with van der Waals surface area (Å²) in [5, 5.41) is 4.32. The third kappa shape index (κ3) is 4.01. The van der Waals surface area contributed by atoms with Crippen molar-refractivity contribution in [3.8, 4) is 0 Å². The molecule has 0 radical (unpaired) electrons. The van der Waals surface area contributed by atoms with Crippen LogP contribution in [0.15, 0.2) is 55.4 Å². The van der Waals surface area contributed by atoms with Gasteiger partial charge >= 0.3 is 0 Å².